The van der Waals surface area contributed by atoms with Crippen LogP contribution in [-0.4, -0.2) is 8.80 Å². The Bertz CT molecular complexity index is 323. The average molecular weight is 435 g/mol. The zero-order valence-corrected chi connectivity index (χ0v) is 22.6. The second kappa shape index (κ2) is 26.7. The van der Waals surface area contributed by atoms with E-state index >= 15 is 0 Å². The van der Waals surface area contributed by atoms with Crippen LogP contribution in [-0.2, 0) is 0 Å². The lowest BCUT2D eigenvalue weighted by molar-refractivity contribution is 0.557. The van der Waals surface area contributed by atoms with Crippen molar-refractivity contribution in [3.8, 4) is 0 Å². The Kier molecular flexibility index (Phi) is 26.5. The topological polar surface area (TPSA) is 0 Å². The van der Waals surface area contributed by atoms with Gasteiger partial charge < -0.3 is 0 Å². The first kappa shape index (κ1) is 29.7. The largest absolute Gasteiger partial charge is 0.0977 e. The molecule has 0 aliphatic heterocycles. The standard InChI is InChI=1S/C29H58Si/c1-4-6-8-10-12-14-16-18-20-22-24-26-28-30(3)29-27-25-23-21-19-17-15-13-11-9-7-5-2/h26-30H,4-25H2,1-3H3/b28-26+,29-27+. The van der Waals surface area contributed by atoms with Crippen LogP contribution in [0.15, 0.2) is 23.6 Å². The summed E-state index contributed by atoms with van der Waals surface area (Å²) in [5, 5.41) is 0. The lowest BCUT2D eigenvalue weighted by Gasteiger charge is -2.02. The van der Waals surface area contributed by atoms with E-state index in [4.69, 9.17) is 0 Å². The second-order valence-corrected chi connectivity index (χ2v) is 12.1. The van der Waals surface area contributed by atoms with E-state index in [2.05, 4.69) is 43.9 Å². The minimum atomic E-state index is -0.732. The molecule has 0 aromatic rings. The second-order valence-electron chi connectivity index (χ2n) is 9.66. The van der Waals surface area contributed by atoms with Crippen LogP contribution in [0, 0.1) is 0 Å². The fourth-order valence-electron chi connectivity index (χ4n) is 4.19. The van der Waals surface area contributed by atoms with Gasteiger partial charge in [-0.05, 0) is 25.7 Å². The molecule has 0 saturated heterocycles. The van der Waals surface area contributed by atoms with Gasteiger partial charge in [-0.15, -0.1) is 0 Å². The van der Waals surface area contributed by atoms with Crippen LogP contribution in [0.1, 0.15) is 155 Å². The molecule has 0 atom stereocenters. The molecule has 0 aliphatic rings. The van der Waals surface area contributed by atoms with Crippen LogP contribution in [0.3, 0.4) is 0 Å². The molecule has 0 radical (unpaired) electrons. The maximum absolute atomic E-state index is 2.54. The molecule has 0 heterocycles. The maximum atomic E-state index is 2.54. The number of rotatable bonds is 24. The monoisotopic (exact) mass is 434 g/mol. The molecule has 1 heteroatoms. The lowest BCUT2D eigenvalue weighted by Crippen LogP contribution is -1.97. The summed E-state index contributed by atoms with van der Waals surface area (Å²) < 4.78 is 0. The molecule has 0 aromatic heterocycles. The van der Waals surface area contributed by atoms with Crippen molar-refractivity contribution in [2.75, 3.05) is 0 Å². The van der Waals surface area contributed by atoms with E-state index < -0.39 is 8.80 Å². The highest BCUT2D eigenvalue weighted by molar-refractivity contribution is 6.68. The summed E-state index contributed by atoms with van der Waals surface area (Å²) in [5.74, 6) is 0. The average Bonchev–Trinajstić information content (AvgIpc) is 2.75. The summed E-state index contributed by atoms with van der Waals surface area (Å²) >= 11 is 0. The highest BCUT2D eigenvalue weighted by Gasteiger charge is 1.95. The molecule has 0 saturated carbocycles. The Labute approximate surface area is 194 Å². The van der Waals surface area contributed by atoms with Gasteiger partial charge in [0, 0.05) is 0 Å². The Hall–Kier alpha value is -0.303. The van der Waals surface area contributed by atoms with Gasteiger partial charge >= 0.3 is 0 Å². The molecular weight excluding hydrogens is 376 g/mol. The fraction of sp³-hybridized carbons (Fsp3) is 0.862. The smallest absolute Gasteiger partial charge is 0.0814 e. The molecule has 0 rings (SSSR count). The molecule has 0 spiro atoms. The summed E-state index contributed by atoms with van der Waals surface area (Å²) in [6.07, 6.45) is 36.4. The predicted molar refractivity (Wildman–Crippen MR) is 144 cm³/mol. The number of hydrogen-bond acceptors (Lipinski definition) is 0. The van der Waals surface area contributed by atoms with Crippen molar-refractivity contribution in [3.05, 3.63) is 23.6 Å². The van der Waals surface area contributed by atoms with Crippen molar-refractivity contribution in [1.82, 2.24) is 0 Å². The Morgan fingerprint density at radius 3 is 0.967 bits per heavy atom. The summed E-state index contributed by atoms with van der Waals surface area (Å²) in [6.45, 7) is 7.06. The third-order valence-corrected chi connectivity index (χ3v) is 8.09. The van der Waals surface area contributed by atoms with Crippen molar-refractivity contribution >= 4 is 8.80 Å². The van der Waals surface area contributed by atoms with Crippen molar-refractivity contribution in [2.24, 2.45) is 0 Å². The minimum absolute atomic E-state index is 0.732. The summed E-state index contributed by atoms with van der Waals surface area (Å²) in [7, 11) is -0.732. The Morgan fingerprint density at radius 1 is 0.400 bits per heavy atom. The number of hydrogen-bond donors (Lipinski definition) is 0. The highest BCUT2D eigenvalue weighted by Crippen LogP contribution is 2.12. The van der Waals surface area contributed by atoms with Crippen molar-refractivity contribution in [2.45, 2.75) is 162 Å². The van der Waals surface area contributed by atoms with Gasteiger partial charge in [0.05, 0.1) is 8.80 Å². The minimum Gasteiger partial charge on any atom is -0.0977 e. The van der Waals surface area contributed by atoms with Gasteiger partial charge in [-0.1, -0.05) is 160 Å². The van der Waals surface area contributed by atoms with Gasteiger partial charge in [0.15, 0.2) is 0 Å². The Balaban J connectivity index is 3.31. The van der Waals surface area contributed by atoms with Gasteiger partial charge in [0.1, 0.15) is 0 Å². The summed E-state index contributed by atoms with van der Waals surface area (Å²) in [6, 6.07) is 0. The molecule has 30 heavy (non-hydrogen) atoms. The molecule has 178 valence electrons. The van der Waals surface area contributed by atoms with Gasteiger partial charge in [-0.25, -0.2) is 0 Å². The molecule has 0 bridgehead atoms. The number of unbranched alkanes of at least 4 members (excludes halogenated alkanes) is 20. The van der Waals surface area contributed by atoms with E-state index in [1.54, 1.807) is 0 Å². The quantitative estimate of drug-likeness (QED) is 0.105. The zero-order valence-electron chi connectivity index (χ0n) is 21.4. The van der Waals surface area contributed by atoms with Gasteiger partial charge in [-0.3, -0.25) is 0 Å². The van der Waals surface area contributed by atoms with E-state index in [1.807, 2.05) is 0 Å². The van der Waals surface area contributed by atoms with E-state index in [0.717, 1.165) is 0 Å². The first-order valence-electron chi connectivity index (χ1n) is 14.1. The first-order valence-corrected chi connectivity index (χ1v) is 16.6. The third kappa shape index (κ3) is 25.7. The van der Waals surface area contributed by atoms with Gasteiger partial charge in [0.2, 0.25) is 0 Å². The number of allylic oxidation sites excluding steroid dienone is 2. The van der Waals surface area contributed by atoms with Crippen LogP contribution in [0.5, 0.6) is 0 Å². The molecular formula is C29H58Si. The van der Waals surface area contributed by atoms with Crippen LogP contribution in [0.2, 0.25) is 6.55 Å². The van der Waals surface area contributed by atoms with Crippen molar-refractivity contribution in [3.63, 3.8) is 0 Å². The first-order chi connectivity index (χ1) is 14.8. The summed E-state index contributed by atoms with van der Waals surface area (Å²) in [5.41, 5.74) is 5.09. The van der Waals surface area contributed by atoms with Crippen LogP contribution >= 0.6 is 0 Å². The van der Waals surface area contributed by atoms with E-state index in [1.165, 1.54) is 141 Å². The van der Waals surface area contributed by atoms with E-state index in [-0.39, 0.29) is 0 Å². The fourth-order valence-corrected chi connectivity index (χ4v) is 5.56. The molecule has 0 aliphatic carbocycles. The molecule has 0 fully saturated rings. The zero-order chi connectivity index (χ0) is 22.0. The molecule has 0 aromatic carbocycles. The highest BCUT2D eigenvalue weighted by atomic mass is 28.3. The van der Waals surface area contributed by atoms with Gasteiger partial charge in [0.25, 0.3) is 0 Å². The van der Waals surface area contributed by atoms with Gasteiger partial charge in [-0.2, -0.15) is 0 Å². The maximum Gasteiger partial charge on any atom is 0.0814 e. The molecule has 0 unspecified atom stereocenters. The van der Waals surface area contributed by atoms with Crippen LogP contribution in [0.25, 0.3) is 0 Å². The lowest BCUT2D eigenvalue weighted by atomic mass is 10.1. The normalized spacial score (nSPS) is 12.1. The third-order valence-electron chi connectivity index (χ3n) is 6.33. The van der Waals surface area contributed by atoms with Crippen molar-refractivity contribution in [1.29, 1.82) is 0 Å². The summed E-state index contributed by atoms with van der Waals surface area (Å²) in [4.78, 5) is 0. The van der Waals surface area contributed by atoms with Crippen LogP contribution < -0.4 is 0 Å². The van der Waals surface area contributed by atoms with E-state index in [0.29, 0.717) is 0 Å². The molecule has 0 amide bonds. The van der Waals surface area contributed by atoms with Crippen molar-refractivity contribution < 1.29 is 0 Å². The molecule has 0 nitrogen and oxygen atoms in total. The van der Waals surface area contributed by atoms with Crippen LogP contribution in [0.4, 0.5) is 0 Å². The predicted octanol–water partition coefficient (Wildman–Crippen LogP) is 10.7. The SMILES string of the molecule is CCCCCCCCCCCC/C=C/[SiH](C)/C=C/CCCCCCCCCCCC. The Morgan fingerprint density at radius 2 is 0.667 bits per heavy atom. The molecule has 0 N–H and O–H groups in total. The van der Waals surface area contributed by atoms with E-state index in [9.17, 15) is 0 Å².